The van der Waals surface area contributed by atoms with Gasteiger partial charge in [0.15, 0.2) is 0 Å². The molecule has 3 N–H and O–H groups in total. The minimum absolute atomic E-state index is 0. The predicted molar refractivity (Wildman–Crippen MR) is 93.3 cm³/mol. The van der Waals surface area contributed by atoms with E-state index in [2.05, 4.69) is 21.2 Å². The van der Waals surface area contributed by atoms with Gasteiger partial charge in [-0.15, -0.1) is 23.7 Å². The fraction of sp³-hybridized carbons (Fsp3) is 0.667. The van der Waals surface area contributed by atoms with Gasteiger partial charge in [0.1, 0.15) is 0 Å². The second-order valence-corrected chi connectivity index (χ2v) is 8.80. The molecule has 3 rings (SSSR count). The first-order valence-corrected chi connectivity index (χ1v) is 8.98. The monoisotopic (exact) mass is 392 g/mol. The van der Waals surface area contributed by atoms with E-state index in [-0.39, 0.29) is 18.3 Å². The molecule has 1 heterocycles. The molecule has 21 heavy (non-hydrogen) atoms. The topological polar surface area (TPSA) is 55.1 Å². The Morgan fingerprint density at radius 2 is 2.00 bits per heavy atom. The van der Waals surface area contributed by atoms with Crippen LogP contribution in [0.25, 0.3) is 0 Å². The van der Waals surface area contributed by atoms with Crippen molar-refractivity contribution in [2.75, 3.05) is 0 Å². The van der Waals surface area contributed by atoms with Crippen molar-refractivity contribution in [2.45, 2.75) is 51.1 Å². The van der Waals surface area contributed by atoms with Crippen molar-refractivity contribution >= 4 is 45.6 Å². The molecule has 0 aliphatic heterocycles. The first-order chi connectivity index (χ1) is 9.54. The molecule has 6 heteroatoms. The smallest absolute Gasteiger partial charge is 0.253 e. The number of nitrogens with two attached hydrogens (primary N) is 1. The normalized spacial score (nSPS) is 31.4. The molecule has 2 aliphatic rings. The van der Waals surface area contributed by atoms with Gasteiger partial charge in [-0.2, -0.15) is 0 Å². The quantitative estimate of drug-likeness (QED) is 0.801. The third-order valence-electron chi connectivity index (χ3n) is 4.73. The van der Waals surface area contributed by atoms with Crippen LogP contribution in [0.4, 0.5) is 0 Å². The zero-order valence-corrected chi connectivity index (χ0v) is 15.3. The standard InChI is InChI=1S/C15H21BrN2OS.ClH/c1-8-5-12(14(16)20-8)15(19)18-13-9-3-2-4-10(13)7-11(17)6-9;/h5,9-11,13H,2-4,6-7,17H2,1H3,(H,18,19);1H. The summed E-state index contributed by atoms with van der Waals surface area (Å²) in [4.78, 5) is 13.7. The van der Waals surface area contributed by atoms with Crippen LogP contribution in [0.1, 0.15) is 47.3 Å². The molecule has 0 aromatic carbocycles. The van der Waals surface area contributed by atoms with Gasteiger partial charge >= 0.3 is 0 Å². The summed E-state index contributed by atoms with van der Waals surface area (Å²) in [6.45, 7) is 2.03. The van der Waals surface area contributed by atoms with Crippen molar-refractivity contribution in [2.24, 2.45) is 17.6 Å². The van der Waals surface area contributed by atoms with Crippen molar-refractivity contribution in [3.8, 4) is 0 Å². The maximum atomic E-state index is 12.5. The lowest BCUT2D eigenvalue weighted by molar-refractivity contribution is 0.0756. The van der Waals surface area contributed by atoms with Gasteiger partial charge in [-0.05, 0) is 66.4 Å². The molecule has 2 atom stereocenters. The van der Waals surface area contributed by atoms with Crippen LogP contribution in [0.2, 0.25) is 0 Å². The lowest BCUT2D eigenvalue weighted by atomic mass is 9.67. The fourth-order valence-corrected chi connectivity index (χ4v) is 5.68. The molecule has 3 nitrogen and oxygen atoms in total. The molecule has 0 saturated heterocycles. The maximum Gasteiger partial charge on any atom is 0.253 e. The number of hydrogen-bond acceptors (Lipinski definition) is 3. The number of halogens is 2. The van der Waals surface area contributed by atoms with E-state index in [1.807, 2.05) is 13.0 Å². The summed E-state index contributed by atoms with van der Waals surface area (Å²) in [6, 6.07) is 2.62. The summed E-state index contributed by atoms with van der Waals surface area (Å²) in [7, 11) is 0. The molecule has 2 saturated carbocycles. The van der Waals surface area contributed by atoms with E-state index in [0.717, 1.165) is 27.1 Å². The molecule has 0 radical (unpaired) electrons. The number of carbonyl (C=O) groups is 1. The first-order valence-electron chi connectivity index (χ1n) is 7.37. The molecule has 1 aromatic heterocycles. The first kappa shape index (κ1) is 17.3. The summed E-state index contributed by atoms with van der Waals surface area (Å²) in [5.41, 5.74) is 6.92. The Balaban J connectivity index is 0.00000161. The zero-order chi connectivity index (χ0) is 14.3. The van der Waals surface area contributed by atoms with Gasteiger partial charge < -0.3 is 11.1 Å². The highest BCUT2D eigenvalue weighted by Crippen LogP contribution is 2.40. The third kappa shape index (κ3) is 3.63. The van der Waals surface area contributed by atoms with Crippen molar-refractivity contribution in [3.05, 3.63) is 20.3 Å². The summed E-state index contributed by atoms with van der Waals surface area (Å²) in [5.74, 6) is 1.21. The lowest BCUT2D eigenvalue weighted by Crippen LogP contribution is -2.53. The number of fused-ring (bicyclic) bond motifs is 2. The predicted octanol–water partition coefficient (Wildman–Crippen LogP) is 3.88. The van der Waals surface area contributed by atoms with E-state index in [1.54, 1.807) is 11.3 Å². The van der Waals surface area contributed by atoms with E-state index >= 15 is 0 Å². The van der Waals surface area contributed by atoms with Crippen LogP contribution < -0.4 is 11.1 Å². The van der Waals surface area contributed by atoms with Crippen LogP contribution in [0, 0.1) is 18.8 Å². The van der Waals surface area contributed by atoms with Gasteiger partial charge in [-0.3, -0.25) is 4.79 Å². The Morgan fingerprint density at radius 1 is 1.38 bits per heavy atom. The van der Waals surface area contributed by atoms with Gasteiger partial charge in [-0.1, -0.05) is 6.42 Å². The molecule has 2 fully saturated rings. The Morgan fingerprint density at radius 3 is 2.52 bits per heavy atom. The number of amides is 1. The van der Waals surface area contributed by atoms with Gasteiger partial charge in [-0.25, -0.2) is 0 Å². The second kappa shape index (κ2) is 6.99. The minimum Gasteiger partial charge on any atom is -0.349 e. The maximum absolute atomic E-state index is 12.5. The molecular weight excluding hydrogens is 372 g/mol. The number of carbonyl (C=O) groups excluding carboxylic acids is 1. The van der Waals surface area contributed by atoms with E-state index in [0.29, 0.717) is 23.9 Å². The van der Waals surface area contributed by atoms with Crippen molar-refractivity contribution in [1.82, 2.24) is 5.32 Å². The average molecular weight is 394 g/mol. The van der Waals surface area contributed by atoms with Gasteiger partial charge in [0.2, 0.25) is 0 Å². The summed E-state index contributed by atoms with van der Waals surface area (Å²) >= 11 is 5.11. The van der Waals surface area contributed by atoms with Crippen LogP contribution in [0.5, 0.6) is 0 Å². The highest BCUT2D eigenvalue weighted by atomic mass is 79.9. The van der Waals surface area contributed by atoms with Crippen LogP contribution in [-0.4, -0.2) is 18.0 Å². The number of hydrogen-bond donors (Lipinski definition) is 2. The molecule has 1 aromatic rings. The van der Waals surface area contributed by atoms with Gasteiger partial charge in [0, 0.05) is 17.0 Å². The highest BCUT2D eigenvalue weighted by molar-refractivity contribution is 9.11. The molecule has 2 aliphatic carbocycles. The highest BCUT2D eigenvalue weighted by Gasteiger charge is 2.40. The molecule has 2 bridgehead atoms. The molecule has 0 spiro atoms. The summed E-state index contributed by atoms with van der Waals surface area (Å²) in [6.07, 6.45) is 5.82. The van der Waals surface area contributed by atoms with Crippen LogP contribution in [-0.2, 0) is 0 Å². The SMILES string of the molecule is Cc1cc(C(=O)NC2C3CCCC2CC(N)C3)c(Br)s1.Cl. The van der Waals surface area contributed by atoms with Crippen LogP contribution in [0.15, 0.2) is 9.85 Å². The van der Waals surface area contributed by atoms with E-state index in [4.69, 9.17) is 5.73 Å². The van der Waals surface area contributed by atoms with E-state index < -0.39 is 0 Å². The fourth-order valence-electron chi connectivity index (χ4n) is 3.89. The van der Waals surface area contributed by atoms with Gasteiger partial charge in [0.05, 0.1) is 9.35 Å². The van der Waals surface area contributed by atoms with Crippen molar-refractivity contribution in [3.63, 3.8) is 0 Å². The lowest BCUT2D eigenvalue weighted by Gasteiger charge is -2.45. The number of nitrogens with one attached hydrogen (secondary N) is 1. The van der Waals surface area contributed by atoms with Crippen LogP contribution in [0.3, 0.4) is 0 Å². The third-order valence-corrected chi connectivity index (χ3v) is 6.48. The molecule has 2 unspecified atom stereocenters. The van der Waals surface area contributed by atoms with Gasteiger partial charge in [0.25, 0.3) is 5.91 Å². The molecule has 118 valence electrons. The van der Waals surface area contributed by atoms with Crippen LogP contribution >= 0.6 is 39.7 Å². The molecule has 1 amide bonds. The number of rotatable bonds is 2. The van der Waals surface area contributed by atoms with E-state index in [9.17, 15) is 4.79 Å². The Labute approximate surface area is 144 Å². The number of thiophene rings is 1. The van der Waals surface area contributed by atoms with Crippen molar-refractivity contribution < 1.29 is 4.79 Å². The number of aryl methyl sites for hydroxylation is 1. The Hall–Kier alpha value is -0.1000. The molecular formula is C15H22BrClN2OS. The largest absolute Gasteiger partial charge is 0.349 e. The Kier molecular flexibility index (Phi) is 5.74. The minimum atomic E-state index is 0. The average Bonchev–Trinajstić information content (AvgIpc) is 2.69. The van der Waals surface area contributed by atoms with E-state index in [1.165, 1.54) is 19.3 Å². The summed E-state index contributed by atoms with van der Waals surface area (Å²) in [5, 5.41) is 3.29. The Bertz CT molecular complexity index is 508. The van der Waals surface area contributed by atoms with Crippen molar-refractivity contribution in [1.29, 1.82) is 0 Å². The second-order valence-electron chi connectivity index (χ2n) is 6.23. The summed E-state index contributed by atoms with van der Waals surface area (Å²) < 4.78 is 0.935. The zero-order valence-electron chi connectivity index (χ0n) is 12.1.